The molecule has 10 heteroatoms. The fourth-order valence-electron chi connectivity index (χ4n) is 3.43. The topological polar surface area (TPSA) is 99.9 Å². The Morgan fingerprint density at radius 3 is 2.42 bits per heavy atom. The van der Waals surface area contributed by atoms with Gasteiger partial charge in [0, 0.05) is 23.7 Å². The van der Waals surface area contributed by atoms with Crippen LogP contribution >= 0.6 is 0 Å². The molecule has 0 radical (unpaired) electrons. The van der Waals surface area contributed by atoms with Gasteiger partial charge in [0.1, 0.15) is 24.5 Å². The van der Waals surface area contributed by atoms with Crippen LogP contribution in [0.1, 0.15) is 21.5 Å². The number of benzene rings is 3. The quantitative estimate of drug-likeness (QED) is 0.405. The number of nitrogens with zero attached hydrogens (tertiary/aromatic N) is 1. The van der Waals surface area contributed by atoms with Gasteiger partial charge in [0.15, 0.2) is 11.5 Å². The zero-order valence-electron chi connectivity index (χ0n) is 17.1. The third kappa shape index (κ3) is 5.17. The number of carbonyl (C=O) groups excluding carboxylic acids is 1. The van der Waals surface area contributed by atoms with Gasteiger partial charge in [-0.2, -0.15) is 8.78 Å². The summed E-state index contributed by atoms with van der Waals surface area (Å²) in [6, 6.07) is 15.7. The molecule has 0 saturated carbocycles. The zero-order valence-corrected chi connectivity index (χ0v) is 17.1. The number of nitrogens with one attached hydrogen (secondary N) is 1. The highest BCUT2D eigenvalue weighted by Gasteiger charge is 2.26. The van der Waals surface area contributed by atoms with Gasteiger partial charge in [-0.25, -0.2) is 0 Å². The normalized spacial score (nSPS) is 12.3. The Kier molecular flexibility index (Phi) is 6.34. The Balaban J connectivity index is 1.64. The average molecular weight is 456 g/mol. The van der Waals surface area contributed by atoms with E-state index in [0.29, 0.717) is 5.56 Å². The molecule has 33 heavy (non-hydrogen) atoms. The smallest absolute Gasteiger partial charge is 0.387 e. The number of halogens is 2. The van der Waals surface area contributed by atoms with Crippen LogP contribution in [-0.2, 0) is 6.42 Å². The van der Waals surface area contributed by atoms with E-state index < -0.39 is 23.1 Å². The average Bonchev–Trinajstić information content (AvgIpc) is 2.80. The molecule has 3 aromatic carbocycles. The van der Waals surface area contributed by atoms with E-state index in [4.69, 9.17) is 9.47 Å². The van der Waals surface area contributed by atoms with E-state index in [1.54, 1.807) is 0 Å². The van der Waals surface area contributed by atoms with Crippen LogP contribution in [-0.4, -0.2) is 30.7 Å². The second kappa shape index (κ2) is 9.51. The number of alkyl halides is 2. The van der Waals surface area contributed by atoms with Crippen molar-refractivity contribution in [2.45, 2.75) is 13.0 Å². The number of ether oxygens (including phenoxy) is 3. The maximum Gasteiger partial charge on any atom is 0.387 e. The predicted molar refractivity (Wildman–Crippen MR) is 114 cm³/mol. The standard InChI is InChI=1S/C23H18F2N2O6/c24-23(25)33-19-7-6-16(11-15(19)10-14-4-2-1-3-5-14)26-22(28)17-12-20-21(32-9-8-31-20)13-18(17)27(29)30/h1-7,11-13,23H,8-10H2,(H,26,28). The summed E-state index contributed by atoms with van der Waals surface area (Å²) in [7, 11) is 0. The molecule has 0 spiro atoms. The molecule has 1 aliphatic rings. The SMILES string of the molecule is O=C(Nc1ccc(OC(F)F)c(Cc2ccccc2)c1)c1cc2c(cc1[N+](=O)[O-])OCCO2. The molecule has 0 aliphatic carbocycles. The monoisotopic (exact) mass is 456 g/mol. The molecule has 170 valence electrons. The van der Waals surface area contributed by atoms with Gasteiger partial charge in [-0.05, 0) is 23.8 Å². The summed E-state index contributed by atoms with van der Waals surface area (Å²) >= 11 is 0. The van der Waals surface area contributed by atoms with Gasteiger partial charge in [0.2, 0.25) is 0 Å². The largest absolute Gasteiger partial charge is 0.486 e. The van der Waals surface area contributed by atoms with Crippen LogP contribution < -0.4 is 19.5 Å². The molecule has 8 nitrogen and oxygen atoms in total. The van der Waals surface area contributed by atoms with E-state index in [2.05, 4.69) is 10.1 Å². The minimum atomic E-state index is -3.01. The molecule has 3 aromatic rings. The zero-order chi connectivity index (χ0) is 23.4. The summed E-state index contributed by atoms with van der Waals surface area (Å²) in [6.45, 7) is -2.52. The van der Waals surface area contributed by atoms with Crippen LogP contribution in [0.5, 0.6) is 17.2 Å². The highest BCUT2D eigenvalue weighted by Crippen LogP contribution is 2.37. The van der Waals surface area contributed by atoms with Crippen molar-refractivity contribution in [1.82, 2.24) is 0 Å². The number of carbonyl (C=O) groups is 1. The first-order chi connectivity index (χ1) is 15.9. The number of nitro groups is 1. The van der Waals surface area contributed by atoms with E-state index in [-0.39, 0.29) is 48.1 Å². The van der Waals surface area contributed by atoms with Gasteiger partial charge >= 0.3 is 6.61 Å². The molecular weight excluding hydrogens is 438 g/mol. The van der Waals surface area contributed by atoms with Crippen LogP contribution in [0.3, 0.4) is 0 Å². The van der Waals surface area contributed by atoms with Crippen LogP contribution in [0, 0.1) is 10.1 Å². The summed E-state index contributed by atoms with van der Waals surface area (Å²) in [4.78, 5) is 23.7. The maximum atomic E-state index is 12.9. The Morgan fingerprint density at radius 2 is 1.76 bits per heavy atom. The molecule has 4 rings (SSSR count). The highest BCUT2D eigenvalue weighted by atomic mass is 19.3. The molecule has 0 atom stereocenters. The second-order valence-corrected chi connectivity index (χ2v) is 7.09. The van der Waals surface area contributed by atoms with Gasteiger partial charge in [0.25, 0.3) is 11.6 Å². The number of hydrogen-bond donors (Lipinski definition) is 1. The Hall–Kier alpha value is -4.21. The van der Waals surface area contributed by atoms with E-state index >= 15 is 0 Å². The lowest BCUT2D eigenvalue weighted by Gasteiger charge is -2.19. The summed E-state index contributed by atoms with van der Waals surface area (Å²) in [6.07, 6.45) is 0.275. The molecule has 0 fully saturated rings. The second-order valence-electron chi connectivity index (χ2n) is 7.09. The van der Waals surface area contributed by atoms with E-state index in [0.717, 1.165) is 11.6 Å². The van der Waals surface area contributed by atoms with Crippen molar-refractivity contribution in [3.05, 3.63) is 87.5 Å². The first kappa shape index (κ1) is 22.0. The predicted octanol–water partition coefficient (Wildman–Crippen LogP) is 4.81. The fourth-order valence-corrected chi connectivity index (χ4v) is 3.43. The van der Waals surface area contributed by atoms with Gasteiger partial charge < -0.3 is 19.5 Å². The number of rotatable bonds is 7. The van der Waals surface area contributed by atoms with Crippen molar-refractivity contribution < 1.29 is 32.7 Å². The van der Waals surface area contributed by atoms with Crippen molar-refractivity contribution >= 4 is 17.3 Å². The molecular formula is C23H18F2N2O6. The third-order valence-corrected chi connectivity index (χ3v) is 4.87. The lowest BCUT2D eigenvalue weighted by atomic mass is 10.0. The van der Waals surface area contributed by atoms with Gasteiger partial charge in [-0.3, -0.25) is 14.9 Å². The Morgan fingerprint density at radius 1 is 1.06 bits per heavy atom. The summed E-state index contributed by atoms with van der Waals surface area (Å²) in [5.74, 6) is -0.380. The van der Waals surface area contributed by atoms with E-state index in [1.165, 1.54) is 24.3 Å². The molecule has 1 N–H and O–H groups in total. The highest BCUT2D eigenvalue weighted by molar-refractivity contribution is 6.07. The number of anilines is 1. The van der Waals surface area contributed by atoms with Crippen LogP contribution in [0.4, 0.5) is 20.2 Å². The van der Waals surface area contributed by atoms with E-state index in [9.17, 15) is 23.7 Å². The minimum Gasteiger partial charge on any atom is -0.486 e. The minimum absolute atomic E-state index is 0.0304. The Labute approximate surface area is 186 Å². The fraction of sp³-hybridized carbons (Fsp3) is 0.174. The lowest BCUT2D eigenvalue weighted by Crippen LogP contribution is -2.18. The van der Waals surface area contributed by atoms with Gasteiger partial charge in [0.05, 0.1) is 11.0 Å². The molecule has 0 aromatic heterocycles. The summed E-state index contributed by atoms with van der Waals surface area (Å²) < 4.78 is 41.1. The van der Waals surface area contributed by atoms with Crippen molar-refractivity contribution in [3.8, 4) is 17.2 Å². The first-order valence-corrected chi connectivity index (χ1v) is 9.92. The van der Waals surface area contributed by atoms with E-state index in [1.807, 2.05) is 30.3 Å². The molecule has 1 amide bonds. The van der Waals surface area contributed by atoms with Crippen molar-refractivity contribution in [1.29, 1.82) is 0 Å². The summed E-state index contributed by atoms with van der Waals surface area (Å²) in [5.41, 5.74) is 0.857. The lowest BCUT2D eigenvalue weighted by molar-refractivity contribution is -0.385. The molecule has 0 unspecified atom stereocenters. The number of hydrogen-bond acceptors (Lipinski definition) is 6. The number of nitro benzene ring substituents is 1. The van der Waals surface area contributed by atoms with Crippen molar-refractivity contribution in [3.63, 3.8) is 0 Å². The molecule has 1 heterocycles. The van der Waals surface area contributed by atoms with Crippen LogP contribution in [0.2, 0.25) is 0 Å². The van der Waals surface area contributed by atoms with Gasteiger partial charge in [-0.1, -0.05) is 30.3 Å². The molecule has 0 bridgehead atoms. The Bertz CT molecular complexity index is 1190. The third-order valence-electron chi connectivity index (χ3n) is 4.87. The maximum absolute atomic E-state index is 12.9. The van der Waals surface area contributed by atoms with Crippen LogP contribution in [0.25, 0.3) is 0 Å². The number of fused-ring (bicyclic) bond motifs is 1. The first-order valence-electron chi connectivity index (χ1n) is 9.92. The van der Waals surface area contributed by atoms with Crippen molar-refractivity contribution in [2.75, 3.05) is 18.5 Å². The molecule has 0 saturated heterocycles. The van der Waals surface area contributed by atoms with Crippen LogP contribution in [0.15, 0.2) is 60.7 Å². The number of amides is 1. The van der Waals surface area contributed by atoms with Crippen molar-refractivity contribution in [2.24, 2.45) is 0 Å². The van der Waals surface area contributed by atoms with Gasteiger partial charge in [-0.15, -0.1) is 0 Å². The molecule has 1 aliphatic heterocycles. The summed E-state index contributed by atoms with van der Waals surface area (Å²) in [5, 5.41) is 14.1.